The lowest BCUT2D eigenvalue weighted by Gasteiger charge is -2.11. The summed E-state index contributed by atoms with van der Waals surface area (Å²) in [5.74, 6) is 0.906. The minimum absolute atomic E-state index is 0.0198. The Morgan fingerprint density at radius 3 is 2.38 bits per heavy atom. The summed E-state index contributed by atoms with van der Waals surface area (Å²) >= 11 is 0. The molecule has 0 fully saturated rings. The molecular weight excluding hydrogens is 423 g/mol. The Labute approximate surface area is 179 Å². The summed E-state index contributed by atoms with van der Waals surface area (Å²) < 4.78 is 52.6. The van der Waals surface area contributed by atoms with E-state index in [-0.39, 0.29) is 22.8 Å². The molecule has 32 heavy (non-hydrogen) atoms. The molecule has 0 radical (unpaired) electrons. The molecule has 10 heteroatoms. The first-order chi connectivity index (χ1) is 15.4. The number of ether oxygens (including phenoxy) is 1. The van der Waals surface area contributed by atoms with Crippen LogP contribution in [-0.2, 0) is 6.18 Å². The summed E-state index contributed by atoms with van der Waals surface area (Å²) in [6.45, 7) is 0. The average molecular weight is 437 g/mol. The second-order valence-corrected chi connectivity index (χ2v) is 6.84. The molecule has 0 bridgehead atoms. The van der Waals surface area contributed by atoms with Crippen molar-refractivity contribution >= 4 is 5.65 Å². The fraction of sp³-hybridized carbons (Fsp3) is 0.0909. The molecule has 0 aliphatic rings. The van der Waals surface area contributed by atoms with Crippen molar-refractivity contribution in [2.45, 2.75) is 6.18 Å². The Kier molecular flexibility index (Phi) is 4.62. The van der Waals surface area contributed by atoms with E-state index >= 15 is 0 Å². The van der Waals surface area contributed by atoms with E-state index in [2.05, 4.69) is 20.2 Å². The molecule has 160 valence electrons. The number of alkyl halides is 3. The van der Waals surface area contributed by atoms with Gasteiger partial charge in [-0.3, -0.25) is 0 Å². The maximum absolute atomic E-state index is 13.8. The van der Waals surface area contributed by atoms with Gasteiger partial charge < -0.3 is 9.26 Å². The lowest BCUT2D eigenvalue weighted by molar-refractivity contribution is -0.142. The van der Waals surface area contributed by atoms with Gasteiger partial charge in [-0.15, -0.1) is 0 Å². The van der Waals surface area contributed by atoms with E-state index in [1.807, 2.05) is 18.2 Å². The van der Waals surface area contributed by atoms with Crippen molar-refractivity contribution in [3.05, 3.63) is 72.6 Å². The van der Waals surface area contributed by atoms with Gasteiger partial charge in [0, 0.05) is 11.1 Å². The monoisotopic (exact) mass is 437 g/mol. The molecule has 0 atom stereocenters. The van der Waals surface area contributed by atoms with Gasteiger partial charge in [0.15, 0.2) is 11.3 Å². The summed E-state index contributed by atoms with van der Waals surface area (Å²) in [6.07, 6.45) is -3.42. The predicted molar refractivity (Wildman–Crippen MR) is 109 cm³/mol. The largest absolute Gasteiger partial charge is 0.497 e. The highest BCUT2D eigenvalue weighted by Gasteiger charge is 2.36. The topological polar surface area (TPSA) is 78.3 Å². The number of nitrogens with zero attached hydrogens (tertiary/aromatic N) is 5. The number of hydrogen-bond acceptors (Lipinski definition) is 6. The SMILES string of the molecule is COc1ccc(-c2cc(C(F)(F)F)n3ncc(-c4nc(-c5ccccc5)no4)c3n2)cc1. The number of methoxy groups -OCH3 is 1. The van der Waals surface area contributed by atoms with E-state index in [0.717, 1.165) is 10.6 Å². The van der Waals surface area contributed by atoms with Gasteiger partial charge in [-0.1, -0.05) is 35.5 Å². The Bertz CT molecular complexity index is 1390. The van der Waals surface area contributed by atoms with Crippen LogP contribution < -0.4 is 4.74 Å². The van der Waals surface area contributed by atoms with Gasteiger partial charge in [0.05, 0.1) is 19.0 Å². The summed E-state index contributed by atoms with van der Waals surface area (Å²) in [5, 5.41) is 7.83. The number of aromatic nitrogens is 5. The zero-order valence-electron chi connectivity index (χ0n) is 16.5. The van der Waals surface area contributed by atoms with Crippen LogP contribution in [0.25, 0.3) is 39.7 Å². The van der Waals surface area contributed by atoms with E-state index < -0.39 is 11.9 Å². The van der Waals surface area contributed by atoms with Crippen molar-refractivity contribution in [1.29, 1.82) is 0 Å². The van der Waals surface area contributed by atoms with Gasteiger partial charge in [-0.2, -0.15) is 23.3 Å². The van der Waals surface area contributed by atoms with Crippen LogP contribution in [0.5, 0.6) is 5.75 Å². The molecule has 0 aliphatic carbocycles. The van der Waals surface area contributed by atoms with Gasteiger partial charge in [0.2, 0.25) is 5.82 Å². The molecule has 0 saturated carbocycles. The molecule has 0 amide bonds. The van der Waals surface area contributed by atoms with E-state index in [1.165, 1.54) is 13.3 Å². The third-order valence-corrected chi connectivity index (χ3v) is 4.84. The molecule has 3 aromatic heterocycles. The molecule has 5 rings (SSSR count). The van der Waals surface area contributed by atoms with E-state index in [0.29, 0.717) is 22.7 Å². The van der Waals surface area contributed by atoms with Crippen molar-refractivity contribution in [3.8, 4) is 39.8 Å². The highest BCUT2D eigenvalue weighted by atomic mass is 19.4. The predicted octanol–water partition coefficient (Wildman–Crippen LogP) is 5.14. The maximum atomic E-state index is 13.8. The zero-order chi connectivity index (χ0) is 22.3. The minimum atomic E-state index is -4.66. The molecule has 2 aromatic carbocycles. The molecule has 0 saturated heterocycles. The van der Waals surface area contributed by atoms with Gasteiger partial charge in [-0.05, 0) is 30.3 Å². The maximum Gasteiger partial charge on any atom is 0.433 e. The number of hydrogen-bond donors (Lipinski definition) is 0. The Morgan fingerprint density at radius 1 is 0.938 bits per heavy atom. The van der Waals surface area contributed by atoms with E-state index in [4.69, 9.17) is 9.26 Å². The highest BCUT2D eigenvalue weighted by Crippen LogP contribution is 2.35. The van der Waals surface area contributed by atoms with Crippen LogP contribution in [0.3, 0.4) is 0 Å². The summed E-state index contributed by atoms with van der Waals surface area (Å²) in [5.41, 5.74) is 0.497. The number of fused-ring (bicyclic) bond motifs is 1. The van der Waals surface area contributed by atoms with Crippen LogP contribution in [-0.4, -0.2) is 31.8 Å². The van der Waals surface area contributed by atoms with Gasteiger partial charge in [0.25, 0.3) is 5.89 Å². The van der Waals surface area contributed by atoms with Crippen LogP contribution in [0, 0.1) is 0 Å². The van der Waals surface area contributed by atoms with Crippen LogP contribution in [0.15, 0.2) is 71.4 Å². The van der Waals surface area contributed by atoms with E-state index in [1.54, 1.807) is 36.4 Å². The van der Waals surface area contributed by atoms with Crippen LogP contribution in [0.2, 0.25) is 0 Å². The Balaban J connectivity index is 1.67. The van der Waals surface area contributed by atoms with Crippen LogP contribution >= 0.6 is 0 Å². The summed E-state index contributed by atoms with van der Waals surface area (Å²) in [7, 11) is 1.51. The normalized spacial score (nSPS) is 11.8. The first-order valence-electron chi connectivity index (χ1n) is 9.44. The first-order valence-corrected chi connectivity index (χ1v) is 9.44. The molecule has 3 heterocycles. The second kappa shape index (κ2) is 7.49. The number of benzene rings is 2. The van der Waals surface area contributed by atoms with Crippen LogP contribution in [0.4, 0.5) is 13.2 Å². The standard InChI is InChI=1S/C22H14F3N5O2/c1-31-15-9-7-13(8-10-15)17-11-18(22(23,24)25)30-20(27-17)16(12-26-30)21-28-19(29-32-21)14-5-3-2-4-6-14/h2-12H,1H3. The average Bonchev–Trinajstić information content (AvgIpc) is 3.45. The summed E-state index contributed by atoms with van der Waals surface area (Å²) in [4.78, 5) is 8.75. The number of rotatable bonds is 4. The van der Waals surface area contributed by atoms with Gasteiger partial charge in [0.1, 0.15) is 11.3 Å². The zero-order valence-corrected chi connectivity index (χ0v) is 16.5. The molecule has 0 aliphatic heterocycles. The summed E-state index contributed by atoms with van der Waals surface area (Å²) in [6, 6.07) is 16.6. The van der Waals surface area contributed by atoms with Crippen molar-refractivity contribution < 1.29 is 22.4 Å². The van der Waals surface area contributed by atoms with Crippen molar-refractivity contribution in [2.75, 3.05) is 7.11 Å². The minimum Gasteiger partial charge on any atom is -0.497 e. The Hall–Kier alpha value is -4.21. The molecular formula is C22H14F3N5O2. The Morgan fingerprint density at radius 2 is 1.69 bits per heavy atom. The molecule has 7 nitrogen and oxygen atoms in total. The van der Waals surface area contributed by atoms with Crippen molar-refractivity contribution in [2.24, 2.45) is 0 Å². The van der Waals surface area contributed by atoms with Gasteiger partial charge in [-0.25, -0.2) is 9.50 Å². The van der Waals surface area contributed by atoms with Gasteiger partial charge >= 0.3 is 6.18 Å². The van der Waals surface area contributed by atoms with E-state index in [9.17, 15) is 13.2 Å². The molecule has 0 N–H and O–H groups in total. The third-order valence-electron chi connectivity index (χ3n) is 4.84. The fourth-order valence-electron chi connectivity index (χ4n) is 3.26. The highest BCUT2D eigenvalue weighted by molar-refractivity contribution is 5.75. The quantitative estimate of drug-likeness (QED) is 0.387. The third kappa shape index (κ3) is 3.45. The van der Waals surface area contributed by atoms with Crippen molar-refractivity contribution in [1.82, 2.24) is 24.7 Å². The molecule has 0 spiro atoms. The first kappa shape index (κ1) is 19.7. The second-order valence-electron chi connectivity index (χ2n) is 6.84. The van der Waals surface area contributed by atoms with Crippen molar-refractivity contribution in [3.63, 3.8) is 0 Å². The lowest BCUT2D eigenvalue weighted by Crippen LogP contribution is -2.13. The van der Waals surface area contributed by atoms with Crippen LogP contribution in [0.1, 0.15) is 5.69 Å². The molecule has 5 aromatic rings. The molecule has 0 unspecified atom stereocenters. The lowest BCUT2D eigenvalue weighted by atomic mass is 10.1. The fourth-order valence-corrected chi connectivity index (χ4v) is 3.26. The smallest absolute Gasteiger partial charge is 0.433 e. The number of halogens is 3.